The van der Waals surface area contributed by atoms with E-state index in [0.717, 1.165) is 10.5 Å². The van der Waals surface area contributed by atoms with Crippen LogP contribution in [0.15, 0.2) is 30.3 Å². The number of benzene rings is 1. The van der Waals surface area contributed by atoms with Crippen molar-refractivity contribution < 1.29 is 24.6 Å². The van der Waals surface area contributed by atoms with E-state index >= 15 is 0 Å². The third-order valence-electron chi connectivity index (χ3n) is 2.58. The molecule has 1 amide bonds. The van der Waals surface area contributed by atoms with Gasteiger partial charge >= 0.3 is 11.9 Å². The molecule has 1 aromatic carbocycles. The Morgan fingerprint density at radius 3 is 2.00 bits per heavy atom. The molecule has 108 valence electrons. The van der Waals surface area contributed by atoms with Gasteiger partial charge in [-0.2, -0.15) is 0 Å². The fourth-order valence-electron chi connectivity index (χ4n) is 1.73. The average Bonchev–Trinajstić information content (AvgIpc) is 2.37. The van der Waals surface area contributed by atoms with Crippen LogP contribution in [0.25, 0.3) is 0 Å². The van der Waals surface area contributed by atoms with Crippen LogP contribution >= 0.6 is 0 Å². The van der Waals surface area contributed by atoms with Crippen molar-refractivity contribution in [2.24, 2.45) is 5.73 Å². The van der Waals surface area contributed by atoms with Crippen molar-refractivity contribution in [3.8, 4) is 0 Å². The molecule has 0 aliphatic carbocycles. The summed E-state index contributed by atoms with van der Waals surface area (Å²) in [6, 6.07) is 7.99. The Hall–Kier alpha value is -2.41. The molecule has 0 fully saturated rings. The Morgan fingerprint density at radius 1 is 1.05 bits per heavy atom. The van der Waals surface area contributed by atoms with Crippen molar-refractivity contribution >= 4 is 17.8 Å². The second-order valence-electron chi connectivity index (χ2n) is 4.28. The number of aliphatic carboxylic acids is 2. The standard InChI is InChI=1S/C13H16N2O5/c14-10(6-9-4-2-1-3-5-9)13(20)15(7-11(16)17)8-12(18)19/h1-5,10H,6-8,14H2,(H,16,17)(H,18,19)/t10-/m1/s1. The number of carbonyl (C=O) groups excluding carboxylic acids is 1. The van der Waals surface area contributed by atoms with Gasteiger partial charge < -0.3 is 20.8 Å². The van der Waals surface area contributed by atoms with Gasteiger partial charge in [-0.15, -0.1) is 0 Å². The highest BCUT2D eigenvalue weighted by atomic mass is 16.4. The van der Waals surface area contributed by atoms with Crippen LogP contribution in [-0.4, -0.2) is 52.1 Å². The van der Waals surface area contributed by atoms with Crippen molar-refractivity contribution in [2.75, 3.05) is 13.1 Å². The molecule has 1 atom stereocenters. The van der Waals surface area contributed by atoms with Crippen LogP contribution in [-0.2, 0) is 20.8 Å². The number of nitrogens with zero attached hydrogens (tertiary/aromatic N) is 1. The SMILES string of the molecule is N[C@H](Cc1ccccc1)C(=O)N(CC(=O)O)CC(=O)O. The molecular formula is C13H16N2O5. The van der Waals surface area contributed by atoms with Crippen molar-refractivity contribution in [3.63, 3.8) is 0 Å². The van der Waals surface area contributed by atoms with E-state index in [1.807, 2.05) is 6.07 Å². The van der Waals surface area contributed by atoms with Crippen LogP contribution in [0, 0.1) is 0 Å². The summed E-state index contributed by atoms with van der Waals surface area (Å²) >= 11 is 0. The number of hydrogen-bond acceptors (Lipinski definition) is 4. The molecule has 4 N–H and O–H groups in total. The van der Waals surface area contributed by atoms with Crippen LogP contribution < -0.4 is 5.73 Å². The lowest BCUT2D eigenvalue weighted by Crippen LogP contribution is -2.48. The molecule has 0 radical (unpaired) electrons. The van der Waals surface area contributed by atoms with Gasteiger partial charge in [-0.1, -0.05) is 30.3 Å². The lowest BCUT2D eigenvalue weighted by molar-refractivity contribution is -0.149. The Balaban J connectivity index is 2.72. The summed E-state index contributed by atoms with van der Waals surface area (Å²) in [5, 5.41) is 17.4. The summed E-state index contributed by atoms with van der Waals surface area (Å²) in [4.78, 5) is 34.0. The molecule has 0 unspecified atom stereocenters. The first-order valence-electron chi connectivity index (χ1n) is 5.92. The third-order valence-corrected chi connectivity index (χ3v) is 2.58. The van der Waals surface area contributed by atoms with Gasteiger partial charge in [0.15, 0.2) is 0 Å². The third kappa shape index (κ3) is 5.07. The lowest BCUT2D eigenvalue weighted by Gasteiger charge is -2.22. The van der Waals surface area contributed by atoms with E-state index in [4.69, 9.17) is 15.9 Å². The zero-order valence-electron chi connectivity index (χ0n) is 10.7. The quantitative estimate of drug-likeness (QED) is 0.622. The number of carboxylic acids is 2. The second-order valence-corrected chi connectivity index (χ2v) is 4.28. The molecule has 0 saturated carbocycles. The van der Waals surface area contributed by atoms with Gasteiger partial charge in [-0.3, -0.25) is 14.4 Å². The normalized spacial score (nSPS) is 11.7. The van der Waals surface area contributed by atoms with E-state index in [1.165, 1.54) is 0 Å². The number of hydrogen-bond donors (Lipinski definition) is 3. The minimum absolute atomic E-state index is 0.218. The molecule has 1 rings (SSSR count). The first-order valence-corrected chi connectivity index (χ1v) is 5.92. The summed E-state index contributed by atoms with van der Waals surface area (Å²) in [5.41, 5.74) is 6.54. The molecule has 0 spiro atoms. The predicted octanol–water partition coefficient (Wildman–Crippen LogP) is -0.446. The number of rotatable bonds is 7. The van der Waals surface area contributed by atoms with Gasteiger partial charge in [0, 0.05) is 0 Å². The molecular weight excluding hydrogens is 264 g/mol. The van der Waals surface area contributed by atoms with E-state index in [2.05, 4.69) is 0 Å². The maximum absolute atomic E-state index is 12.0. The molecule has 0 aromatic heterocycles. The summed E-state index contributed by atoms with van der Waals surface area (Å²) in [6.45, 7) is -1.37. The zero-order chi connectivity index (χ0) is 15.1. The summed E-state index contributed by atoms with van der Waals surface area (Å²) in [6.07, 6.45) is 0.218. The molecule has 1 aromatic rings. The second kappa shape index (κ2) is 7.25. The monoisotopic (exact) mass is 280 g/mol. The molecule has 0 bridgehead atoms. The number of carbonyl (C=O) groups is 3. The van der Waals surface area contributed by atoms with Gasteiger partial charge in [0.2, 0.25) is 5.91 Å². The molecule has 7 nitrogen and oxygen atoms in total. The first-order chi connectivity index (χ1) is 9.40. The first kappa shape index (κ1) is 15.6. The molecule has 0 aliphatic rings. The Kier molecular flexibility index (Phi) is 5.67. The van der Waals surface area contributed by atoms with E-state index in [1.54, 1.807) is 24.3 Å². The van der Waals surface area contributed by atoms with E-state index in [0.29, 0.717) is 0 Å². The molecule has 20 heavy (non-hydrogen) atoms. The maximum atomic E-state index is 12.0. The van der Waals surface area contributed by atoms with Crippen molar-refractivity contribution in [1.82, 2.24) is 4.90 Å². The summed E-state index contributed by atoms with van der Waals surface area (Å²) in [7, 11) is 0. The van der Waals surface area contributed by atoms with Gasteiger partial charge in [0.1, 0.15) is 13.1 Å². The van der Waals surface area contributed by atoms with Crippen LogP contribution in [0.3, 0.4) is 0 Å². The van der Waals surface area contributed by atoms with E-state index < -0.39 is 37.0 Å². The van der Waals surface area contributed by atoms with Crippen molar-refractivity contribution in [3.05, 3.63) is 35.9 Å². The van der Waals surface area contributed by atoms with Crippen LogP contribution in [0.2, 0.25) is 0 Å². The predicted molar refractivity (Wildman–Crippen MR) is 70.0 cm³/mol. The van der Waals surface area contributed by atoms with Crippen LogP contribution in [0.1, 0.15) is 5.56 Å². The minimum Gasteiger partial charge on any atom is -0.480 e. The topological polar surface area (TPSA) is 121 Å². The fourth-order valence-corrected chi connectivity index (χ4v) is 1.73. The molecule has 0 heterocycles. The van der Waals surface area contributed by atoms with Crippen molar-refractivity contribution in [2.45, 2.75) is 12.5 Å². The Morgan fingerprint density at radius 2 is 1.55 bits per heavy atom. The maximum Gasteiger partial charge on any atom is 0.323 e. The molecule has 0 saturated heterocycles. The summed E-state index contributed by atoms with van der Waals surface area (Å²) < 4.78 is 0. The number of carboxylic acid groups (broad SMARTS) is 2. The van der Waals surface area contributed by atoms with Crippen LogP contribution in [0.5, 0.6) is 0 Å². The minimum atomic E-state index is -1.29. The number of amides is 1. The highest BCUT2D eigenvalue weighted by molar-refractivity contribution is 5.88. The zero-order valence-corrected chi connectivity index (χ0v) is 10.7. The average molecular weight is 280 g/mol. The van der Waals surface area contributed by atoms with Gasteiger partial charge in [0.25, 0.3) is 0 Å². The van der Waals surface area contributed by atoms with Crippen LogP contribution in [0.4, 0.5) is 0 Å². The van der Waals surface area contributed by atoms with Gasteiger partial charge in [0.05, 0.1) is 6.04 Å². The largest absolute Gasteiger partial charge is 0.480 e. The number of nitrogens with two attached hydrogens (primary N) is 1. The van der Waals surface area contributed by atoms with Gasteiger partial charge in [-0.05, 0) is 12.0 Å². The van der Waals surface area contributed by atoms with Gasteiger partial charge in [-0.25, -0.2) is 0 Å². The Labute approximate surface area is 115 Å². The smallest absolute Gasteiger partial charge is 0.323 e. The molecule has 7 heteroatoms. The highest BCUT2D eigenvalue weighted by Gasteiger charge is 2.24. The Bertz CT molecular complexity index is 473. The van der Waals surface area contributed by atoms with E-state index in [-0.39, 0.29) is 6.42 Å². The fraction of sp³-hybridized carbons (Fsp3) is 0.308. The molecule has 0 aliphatic heterocycles. The van der Waals surface area contributed by atoms with E-state index in [9.17, 15) is 14.4 Å². The van der Waals surface area contributed by atoms with Crippen molar-refractivity contribution in [1.29, 1.82) is 0 Å². The highest BCUT2D eigenvalue weighted by Crippen LogP contribution is 2.04. The summed E-state index contributed by atoms with van der Waals surface area (Å²) in [5.74, 6) is -3.27. The lowest BCUT2D eigenvalue weighted by atomic mass is 10.1.